The van der Waals surface area contributed by atoms with E-state index in [1.807, 2.05) is 11.8 Å². The van der Waals surface area contributed by atoms with Crippen LogP contribution in [0, 0.1) is 5.41 Å². The highest BCUT2D eigenvalue weighted by Crippen LogP contribution is 2.42. The maximum absolute atomic E-state index is 3.63. The van der Waals surface area contributed by atoms with Crippen molar-refractivity contribution >= 4 is 11.8 Å². The first kappa shape index (κ1) is 13.0. The Hall–Kier alpha value is -0.470. The second-order valence-electron chi connectivity index (χ2n) is 5.05. The molecule has 17 heavy (non-hydrogen) atoms. The Labute approximate surface area is 109 Å². The van der Waals surface area contributed by atoms with Gasteiger partial charge in [-0.15, -0.1) is 11.8 Å². The molecule has 0 unspecified atom stereocenters. The maximum atomic E-state index is 3.63. The van der Waals surface area contributed by atoms with Crippen molar-refractivity contribution in [1.29, 1.82) is 0 Å². The van der Waals surface area contributed by atoms with E-state index in [2.05, 4.69) is 42.6 Å². The Morgan fingerprint density at radius 1 is 1.24 bits per heavy atom. The van der Waals surface area contributed by atoms with Crippen LogP contribution in [0.3, 0.4) is 0 Å². The van der Waals surface area contributed by atoms with Gasteiger partial charge in [-0.3, -0.25) is 0 Å². The number of benzene rings is 1. The van der Waals surface area contributed by atoms with E-state index >= 15 is 0 Å². The van der Waals surface area contributed by atoms with E-state index in [0.717, 1.165) is 6.54 Å². The lowest BCUT2D eigenvalue weighted by molar-refractivity contribution is 0.125. The van der Waals surface area contributed by atoms with Crippen LogP contribution in [0.25, 0.3) is 0 Å². The minimum atomic E-state index is 0.650. The first-order valence-electron chi connectivity index (χ1n) is 6.73. The van der Waals surface area contributed by atoms with Crippen LogP contribution >= 0.6 is 11.8 Å². The lowest BCUT2D eigenvalue weighted by Gasteiger charge is -2.41. The second kappa shape index (κ2) is 6.46. The summed E-state index contributed by atoms with van der Waals surface area (Å²) in [7, 11) is 0. The number of thioether (sulfide) groups is 1. The van der Waals surface area contributed by atoms with Crippen LogP contribution in [0.4, 0.5) is 0 Å². The van der Waals surface area contributed by atoms with Crippen molar-refractivity contribution in [3.8, 4) is 0 Å². The summed E-state index contributed by atoms with van der Waals surface area (Å²) in [6.07, 6.45) is 5.64. The summed E-state index contributed by atoms with van der Waals surface area (Å²) in [5.74, 6) is 1.17. The van der Waals surface area contributed by atoms with Crippen LogP contribution in [-0.4, -0.2) is 18.8 Å². The molecular weight excluding hydrogens is 226 g/mol. The Morgan fingerprint density at radius 3 is 2.59 bits per heavy atom. The summed E-state index contributed by atoms with van der Waals surface area (Å²) in [6.45, 7) is 4.68. The highest BCUT2D eigenvalue weighted by atomic mass is 32.2. The van der Waals surface area contributed by atoms with Crippen molar-refractivity contribution in [2.75, 3.05) is 18.8 Å². The SMILES string of the molecule is CCC1(CNCCSc2ccccc2)CCC1. The first-order valence-corrected chi connectivity index (χ1v) is 7.72. The zero-order valence-corrected chi connectivity index (χ0v) is 11.6. The van der Waals surface area contributed by atoms with E-state index in [1.54, 1.807) is 0 Å². The minimum Gasteiger partial charge on any atom is -0.315 e. The van der Waals surface area contributed by atoms with E-state index in [4.69, 9.17) is 0 Å². The Bertz CT molecular complexity index is 313. The summed E-state index contributed by atoms with van der Waals surface area (Å²) in [4.78, 5) is 1.38. The number of hydrogen-bond acceptors (Lipinski definition) is 2. The molecule has 2 rings (SSSR count). The van der Waals surface area contributed by atoms with Gasteiger partial charge >= 0.3 is 0 Å². The molecule has 1 aromatic carbocycles. The Morgan fingerprint density at radius 2 is 2.00 bits per heavy atom. The third kappa shape index (κ3) is 3.75. The van der Waals surface area contributed by atoms with Crippen LogP contribution in [0.1, 0.15) is 32.6 Å². The van der Waals surface area contributed by atoms with Gasteiger partial charge in [0.05, 0.1) is 0 Å². The first-order chi connectivity index (χ1) is 8.35. The molecule has 0 aromatic heterocycles. The summed E-state index contributed by atoms with van der Waals surface area (Å²) < 4.78 is 0. The van der Waals surface area contributed by atoms with E-state index in [1.165, 1.54) is 42.9 Å². The highest BCUT2D eigenvalue weighted by Gasteiger charge is 2.34. The van der Waals surface area contributed by atoms with Gasteiger partial charge < -0.3 is 5.32 Å². The molecule has 0 bridgehead atoms. The molecule has 1 aromatic rings. The van der Waals surface area contributed by atoms with Crippen molar-refractivity contribution < 1.29 is 0 Å². The van der Waals surface area contributed by atoms with E-state index in [-0.39, 0.29) is 0 Å². The van der Waals surface area contributed by atoms with Gasteiger partial charge in [0.2, 0.25) is 0 Å². The molecule has 1 nitrogen and oxygen atoms in total. The van der Waals surface area contributed by atoms with Crippen molar-refractivity contribution in [2.45, 2.75) is 37.5 Å². The summed E-state index contributed by atoms with van der Waals surface area (Å²) in [5, 5.41) is 3.63. The topological polar surface area (TPSA) is 12.0 Å². The maximum Gasteiger partial charge on any atom is 0.0106 e. The third-order valence-electron chi connectivity index (χ3n) is 3.95. The van der Waals surface area contributed by atoms with Gasteiger partial charge in [0.1, 0.15) is 0 Å². The summed E-state index contributed by atoms with van der Waals surface area (Å²) in [6, 6.07) is 10.7. The van der Waals surface area contributed by atoms with Gasteiger partial charge in [-0.05, 0) is 36.8 Å². The standard InChI is InChI=1S/C15H23NS/c1-2-15(9-6-10-15)13-16-11-12-17-14-7-4-3-5-8-14/h3-5,7-8,16H,2,6,9-13H2,1H3. The number of nitrogens with one attached hydrogen (secondary N) is 1. The quantitative estimate of drug-likeness (QED) is 0.580. The molecule has 0 spiro atoms. The highest BCUT2D eigenvalue weighted by molar-refractivity contribution is 7.99. The molecule has 0 saturated heterocycles. The lowest BCUT2D eigenvalue weighted by Crippen LogP contribution is -2.40. The predicted molar refractivity (Wildman–Crippen MR) is 76.6 cm³/mol. The molecule has 0 radical (unpaired) electrons. The molecule has 0 atom stereocenters. The second-order valence-corrected chi connectivity index (χ2v) is 6.21. The monoisotopic (exact) mass is 249 g/mol. The van der Waals surface area contributed by atoms with Crippen LogP contribution in [-0.2, 0) is 0 Å². The summed E-state index contributed by atoms with van der Waals surface area (Å²) >= 11 is 1.94. The molecule has 1 N–H and O–H groups in total. The van der Waals surface area contributed by atoms with E-state index < -0.39 is 0 Å². The van der Waals surface area contributed by atoms with Crippen LogP contribution in [0.15, 0.2) is 35.2 Å². The Balaban J connectivity index is 1.58. The van der Waals surface area contributed by atoms with Crippen molar-refractivity contribution in [1.82, 2.24) is 5.32 Å². The number of hydrogen-bond donors (Lipinski definition) is 1. The molecule has 1 saturated carbocycles. The lowest BCUT2D eigenvalue weighted by atomic mass is 9.67. The summed E-state index contributed by atoms with van der Waals surface area (Å²) in [5.41, 5.74) is 0.650. The molecule has 0 amide bonds. The minimum absolute atomic E-state index is 0.650. The van der Waals surface area contributed by atoms with Crippen LogP contribution in [0.5, 0.6) is 0 Å². The van der Waals surface area contributed by atoms with Crippen LogP contribution in [0.2, 0.25) is 0 Å². The van der Waals surface area contributed by atoms with E-state index in [9.17, 15) is 0 Å². The van der Waals surface area contributed by atoms with Crippen LogP contribution < -0.4 is 5.32 Å². The normalized spacial score (nSPS) is 17.7. The molecule has 94 valence electrons. The number of rotatable bonds is 7. The molecule has 1 fully saturated rings. The zero-order chi connectivity index (χ0) is 12.0. The van der Waals surface area contributed by atoms with Gasteiger partial charge in [-0.1, -0.05) is 31.5 Å². The average Bonchev–Trinajstić information content (AvgIpc) is 2.33. The predicted octanol–water partition coefficient (Wildman–Crippen LogP) is 3.95. The molecule has 0 heterocycles. The molecule has 1 aliphatic rings. The van der Waals surface area contributed by atoms with Crippen molar-refractivity contribution in [3.05, 3.63) is 30.3 Å². The molecule has 0 aliphatic heterocycles. The fourth-order valence-corrected chi connectivity index (χ4v) is 3.28. The van der Waals surface area contributed by atoms with E-state index in [0.29, 0.717) is 5.41 Å². The van der Waals surface area contributed by atoms with Crippen molar-refractivity contribution in [2.24, 2.45) is 5.41 Å². The zero-order valence-electron chi connectivity index (χ0n) is 10.7. The Kier molecular flexibility index (Phi) is 4.93. The molecular formula is C15H23NS. The molecule has 1 aliphatic carbocycles. The van der Waals surface area contributed by atoms with Gasteiger partial charge in [-0.2, -0.15) is 0 Å². The van der Waals surface area contributed by atoms with Gasteiger partial charge in [-0.25, -0.2) is 0 Å². The van der Waals surface area contributed by atoms with Gasteiger partial charge in [0.15, 0.2) is 0 Å². The fourth-order valence-electron chi connectivity index (χ4n) is 2.44. The van der Waals surface area contributed by atoms with Gasteiger partial charge in [0.25, 0.3) is 0 Å². The van der Waals surface area contributed by atoms with Crippen molar-refractivity contribution in [3.63, 3.8) is 0 Å². The fraction of sp³-hybridized carbons (Fsp3) is 0.600. The van der Waals surface area contributed by atoms with Gasteiger partial charge in [0, 0.05) is 23.7 Å². The molecule has 2 heteroatoms. The third-order valence-corrected chi connectivity index (χ3v) is 4.97. The smallest absolute Gasteiger partial charge is 0.0106 e. The largest absolute Gasteiger partial charge is 0.315 e. The average molecular weight is 249 g/mol.